The Bertz CT molecular complexity index is 495. The van der Waals surface area contributed by atoms with E-state index in [1.54, 1.807) is 10.9 Å². The van der Waals surface area contributed by atoms with E-state index in [4.69, 9.17) is 0 Å². The molecule has 2 atom stereocenters. The summed E-state index contributed by atoms with van der Waals surface area (Å²) in [7, 11) is -0.965. The molecule has 5 nitrogen and oxygen atoms in total. The fourth-order valence-corrected chi connectivity index (χ4v) is 4.37. The molecule has 1 aromatic heterocycles. The molecule has 1 aliphatic rings. The molecule has 6 heteroatoms. The van der Waals surface area contributed by atoms with Gasteiger partial charge in [-0.25, -0.2) is 8.42 Å². The number of sulfone groups is 1. The summed E-state index contributed by atoms with van der Waals surface area (Å²) in [5.74, 6) is 0.670. The maximum Gasteiger partial charge on any atom is 0.150 e. The van der Waals surface area contributed by atoms with Crippen LogP contribution in [0.5, 0.6) is 0 Å². The summed E-state index contributed by atoms with van der Waals surface area (Å²) in [5.41, 5.74) is 1.11. The lowest BCUT2D eigenvalue weighted by Gasteiger charge is -2.13. The normalized spacial score (nSPS) is 24.2. The van der Waals surface area contributed by atoms with E-state index >= 15 is 0 Å². The van der Waals surface area contributed by atoms with E-state index in [0.29, 0.717) is 19.3 Å². The Kier molecular flexibility index (Phi) is 4.07. The minimum atomic E-state index is -2.83. The molecule has 2 rings (SSSR count). The van der Waals surface area contributed by atoms with Crippen molar-refractivity contribution in [2.75, 3.05) is 11.5 Å². The third kappa shape index (κ3) is 3.81. The zero-order valence-corrected chi connectivity index (χ0v) is 11.4. The van der Waals surface area contributed by atoms with Gasteiger partial charge in [-0.3, -0.25) is 4.68 Å². The molecule has 0 amide bonds. The Morgan fingerprint density at radius 2 is 2.39 bits per heavy atom. The molecular formula is C12H20N2O3S. The van der Waals surface area contributed by atoms with Crippen molar-refractivity contribution >= 4 is 9.84 Å². The van der Waals surface area contributed by atoms with Gasteiger partial charge in [0.05, 0.1) is 23.8 Å². The lowest BCUT2D eigenvalue weighted by molar-refractivity contribution is 0.137. The van der Waals surface area contributed by atoms with Gasteiger partial charge in [-0.2, -0.15) is 5.10 Å². The van der Waals surface area contributed by atoms with Gasteiger partial charge in [0.25, 0.3) is 0 Å². The standard InChI is InChI=1S/C12H20N2O3S/c1-14-8-11(7-13-14)2-3-12(15)6-10-4-5-18(16,17)9-10/h7-8,10,12,15H,2-6,9H2,1H3. The molecule has 18 heavy (non-hydrogen) atoms. The lowest BCUT2D eigenvalue weighted by Crippen LogP contribution is -2.15. The van der Waals surface area contributed by atoms with Gasteiger partial charge >= 0.3 is 0 Å². The van der Waals surface area contributed by atoms with Crippen molar-refractivity contribution in [3.8, 4) is 0 Å². The first-order valence-electron chi connectivity index (χ1n) is 6.30. The zero-order chi connectivity index (χ0) is 13.2. The number of aryl methyl sites for hydroxylation is 2. The third-order valence-electron chi connectivity index (χ3n) is 3.46. The van der Waals surface area contributed by atoms with E-state index in [1.807, 2.05) is 13.2 Å². The summed E-state index contributed by atoms with van der Waals surface area (Å²) in [6, 6.07) is 0. The Morgan fingerprint density at radius 1 is 1.61 bits per heavy atom. The largest absolute Gasteiger partial charge is 0.393 e. The molecule has 1 fully saturated rings. The van der Waals surface area contributed by atoms with Gasteiger partial charge in [0, 0.05) is 13.2 Å². The Morgan fingerprint density at radius 3 is 2.94 bits per heavy atom. The van der Waals surface area contributed by atoms with Gasteiger partial charge in [-0.1, -0.05) is 0 Å². The second kappa shape index (κ2) is 5.40. The van der Waals surface area contributed by atoms with Crippen LogP contribution in [0.4, 0.5) is 0 Å². The predicted octanol–water partition coefficient (Wildman–Crippen LogP) is 0.538. The van der Waals surface area contributed by atoms with Crippen molar-refractivity contribution in [1.29, 1.82) is 0 Å². The maximum absolute atomic E-state index is 11.3. The SMILES string of the molecule is Cn1cc(CCC(O)CC2CCS(=O)(=O)C2)cn1. The van der Waals surface area contributed by atoms with Crippen LogP contribution in [0.1, 0.15) is 24.8 Å². The van der Waals surface area contributed by atoms with E-state index in [9.17, 15) is 13.5 Å². The third-order valence-corrected chi connectivity index (χ3v) is 5.29. The Hall–Kier alpha value is -0.880. The average molecular weight is 272 g/mol. The van der Waals surface area contributed by atoms with Crippen LogP contribution < -0.4 is 0 Å². The van der Waals surface area contributed by atoms with Gasteiger partial charge in [0.1, 0.15) is 0 Å². The van der Waals surface area contributed by atoms with Crippen molar-refractivity contribution in [3.63, 3.8) is 0 Å². The zero-order valence-electron chi connectivity index (χ0n) is 10.6. The summed E-state index contributed by atoms with van der Waals surface area (Å²) >= 11 is 0. The first-order chi connectivity index (χ1) is 8.44. The number of aliphatic hydroxyl groups excluding tert-OH is 1. The first-order valence-corrected chi connectivity index (χ1v) is 8.13. The fraction of sp³-hybridized carbons (Fsp3) is 0.750. The molecule has 0 saturated carbocycles. The van der Waals surface area contributed by atoms with Crippen molar-refractivity contribution in [3.05, 3.63) is 18.0 Å². The molecule has 102 valence electrons. The monoisotopic (exact) mass is 272 g/mol. The van der Waals surface area contributed by atoms with E-state index in [2.05, 4.69) is 5.10 Å². The average Bonchev–Trinajstić information content (AvgIpc) is 2.82. The summed E-state index contributed by atoms with van der Waals surface area (Å²) in [6.45, 7) is 0. The van der Waals surface area contributed by atoms with Crippen LogP contribution >= 0.6 is 0 Å². The number of aromatic nitrogens is 2. The molecule has 1 aromatic rings. The van der Waals surface area contributed by atoms with E-state index < -0.39 is 15.9 Å². The smallest absolute Gasteiger partial charge is 0.150 e. The minimum Gasteiger partial charge on any atom is -0.393 e. The van der Waals surface area contributed by atoms with Gasteiger partial charge in [-0.15, -0.1) is 0 Å². The Balaban J connectivity index is 1.74. The van der Waals surface area contributed by atoms with Crippen molar-refractivity contribution < 1.29 is 13.5 Å². The van der Waals surface area contributed by atoms with Crippen LogP contribution in [0.25, 0.3) is 0 Å². The number of rotatable bonds is 5. The van der Waals surface area contributed by atoms with Gasteiger partial charge < -0.3 is 5.11 Å². The minimum absolute atomic E-state index is 0.138. The molecule has 0 aliphatic carbocycles. The molecule has 1 aliphatic heterocycles. The topological polar surface area (TPSA) is 72.2 Å². The van der Waals surface area contributed by atoms with Crippen molar-refractivity contribution in [1.82, 2.24) is 9.78 Å². The van der Waals surface area contributed by atoms with Crippen LogP contribution in [0, 0.1) is 5.92 Å². The highest BCUT2D eigenvalue weighted by Crippen LogP contribution is 2.24. The van der Waals surface area contributed by atoms with Crippen molar-refractivity contribution in [2.24, 2.45) is 13.0 Å². The van der Waals surface area contributed by atoms with Crippen molar-refractivity contribution in [2.45, 2.75) is 31.8 Å². The lowest BCUT2D eigenvalue weighted by atomic mass is 9.97. The second-order valence-corrected chi connectivity index (χ2v) is 7.45. The molecule has 1 saturated heterocycles. The molecule has 2 heterocycles. The van der Waals surface area contributed by atoms with E-state index in [1.165, 1.54) is 0 Å². The predicted molar refractivity (Wildman–Crippen MR) is 68.9 cm³/mol. The van der Waals surface area contributed by atoms with Crippen LogP contribution in [0.15, 0.2) is 12.4 Å². The van der Waals surface area contributed by atoms with Gasteiger partial charge in [0.15, 0.2) is 9.84 Å². The van der Waals surface area contributed by atoms with Crippen LogP contribution in [-0.4, -0.2) is 40.9 Å². The molecule has 0 spiro atoms. The summed E-state index contributed by atoms with van der Waals surface area (Å²) in [4.78, 5) is 0. The highest BCUT2D eigenvalue weighted by Gasteiger charge is 2.29. The summed E-state index contributed by atoms with van der Waals surface area (Å²) in [6.07, 6.45) is 6.07. The van der Waals surface area contributed by atoms with E-state index in [0.717, 1.165) is 12.0 Å². The van der Waals surface area contributed by atoms with Gasteiger partial charge in [-0.05, 0) is 37.2 Å². The molecule has 1 N–H and O–H groups in total. The Labute approximate surface area is 108 Å². The number of hydrogen-bond donors (Lipinski definition) is 1. The molecule has 0 aromatic carbocycles. The highest BCUT2D eigenvalue weighted by molar-refractivity contribution is 7.91. The first kappa shape index (κ1) is 13.5. The number of aliphatic hydroxyl groups is 1. The number of hydrogen-bond acceptors (Lipinski definition) is 4. The molecule has 0 radical (unpaired) electrons. The van der Waals surface area contributed by atoms with Crippen LogP contribution in [0.3, 0.4) is 0 Å². The maximum atomic E-state index is 11.3. The van der Waals surface area contributed by atoms with Crippen LogP contribution in [-0.2, 0) is 23.3 Å². The molecule has 2 unspecified atom stereocenters. The van der Waals surface area contributed by atoms with Gasteiger partial charge in [0.2, 0.25) is 0 Å². The second-order valence-electron chi connectivity index (χ2n) is 5.22. The summed E-state index contributed by atoms with van der Waals surface area (Å²) in [5, 5.41) is 14.0. The fourth-order valence-electron chi connectivity index (χ4n) is 2.49. The molecule has 0 bridgehead atoms. The highest BCUT2D eigenvalue weighted by atomic mass is 32.2. The number of nitrogens with zero attached hydrogens (tertiary/aromatic N) is 2. The van der Waals surface area contributed by atoms with Crippen LogP contribution in [0.2, 0.25) is 0 Å². The molecular weight excluding hydrogens is 252 g/mol. The summed E-state index contributed by atoms with van der Waals surface area (Å²) < 4.78 is 24.4. The quantitative estimate of drug-likeness (QED) is 0.849. The van der Waals surface area contributed by atoms with E-state index in [-0.39, 0.29) is 17.4 Å².